The number of pyridine rings is 1. The minimum absolute atomic E-state index is 0.390. The van der Waals surface area contributed by atoms with Crippen LogP contribution >= 0.6 is 11.6 Å². The molecule has 0 saturated carbocycles. The second-order valence-corrected chi connectivity index (χ2v) is 4.13. The lowest BCUT2D eigenvalue weighted by Crippen LogP contribution is -1.98. The molecule has 17 heavy (non-hydrogen) atoms. The number of anilines is 3. The minimum Gasteiger partial charge on any atom is -0.399 e. The fourth-order valence-electron chi connectivity index (χ4n) is 1.67. The topological polar surface area (TPSA) is 50.9 Å². The van der Waals surface area contributed by atoms with Gasteiger partial charge in [-0.05, 0) is 24.1 Å². The largest absolute Gasteiger partial charge is 0.399 e. The van der Waals surface area contributed by atoms with Crippen LogP contribution in [0, 0.1) is 0 Å². The normalized spacial score (nSPS) is 10.2. The fraction of sp³-hybridized carbons (Fsp3) is 0.154. The summed E-state index contributed by atoms with van der Waals surface area (Å²) in [5.41, 5.74) is 8.58. The van der Waals surface area contributed by atoms with Crippen LogP contribution in [0.15, 0.2) is 36.4 Å². The van der Waals surface area contributed by atoms with Crippen LogP contribution in [0.2, 0.25) is 5.15 Å². The molecule has 1 aromatic carbocycles. The smallest absolute Gasteiger partial charge is 0.134 e. The zero-order valence-electron chi connectivity index (χ0n) is 9.57. The summed E-state index contributed by atoms with van der Waals surface area (Å²) < 4.78 is 0. The molecule has 0 unspecified atom stereocenters. The van der Waals surface area contributed by atoms with Crippen LogP contribution < -0.4 is 11.1 Å². The molecule has 0 saturated heterocycles. The molecule has 3 N–H and O–H groups in total. The first-order valence-corrected chi connectivity index (χ1v) is 5.85. The Morgan fingerprint density at radius 3 is 2.76 bits per heavy atom. The number of rotatable bonds is 3. The number of nitrogens with two attached hydrogens (primary N) is 1. The van der Waals surface area contributed by atoms with Gasteiger partial charge in [-0.2, -0.15) is 0 Å². The van der Waals surface area contributed by atoms with Gasteiger partial charge in [0.25, 0.3) is 0 Å². The number of hydrogen-bond donors (Lipinski definition) is 2. The van der Waals surface area contributed by atoms with Crippen LogP contribution in [0.4, 0.5) is 17.2 Å². The Morgan fingerprint density at radius 2 is 2.06 bits per heavy atom. The predicted octanol–water partition coefficient (Wildman–Crippen LogP) is 3.62. The lowest BCUT2D eigenvalue weighted by atomic mass is 10.1. The summed E-state index contributed by atoms with van der Waals surface area (Å²) in [4.78, 5) is 4.18. The summed E-state index contributed by atoms with van der Waals surface area (Å²) >= 11 is 5.86. The summed E-state index contributed by atoms with van der Waals surface area (Å²) in [6.45, 7) is 2.11. The van der Waals surface area contributed by atoms with E-state index in [1.165, 1.54) is 5.56 Å². The molecule has 0 radical (unpaired) electrons. The van der Waals surface area contributed by atoms with E-state index in [0.29, 0.717) is 16.7 Å². The molecule has 0 aliphatic rings. The molecule has 0 amide bonds. The zero-order valence-corrected chi connectivity index (χ0v) is 10.3. The average Bonchev–Trinajstić information content (AvgIpc) is 2.28. The molecule has 0 atom stereocenters. The highest BCUT2D eigenvalue weighted by atomic mass is 35.5. The third-order valence-electron chi connectivity index (χ3n) is 2.48. The molecule has 3 nitrogen and oxygen atoms in total. The molecule has 0 fully saturated rings. The van der Waals surface area contributed by atoms with Gasteiger partial charge in [-0.1, -0.05) is 36.7 Å². The molecule has 0 aliphatic heterocycles. The predicted molar refractivity (Wildman–Crippen MR) is 72.8 cm³/mol. The summed E-state index contributed by atoms with van der Waals surface area (Å²) in [5, 5.41) is 3.62. The summed E-state index contributed by atoms with van der Waals surface area (Å²) in [5.74, 6) is 0.663. The van der Waals surface area contributed by atoms with E-state index < -0.39 is 0 Å². The molecule has 88 valence electrons. The number of hydrogen-bond acceptors (Lipinski definition) is 3. The molecular weight excluding hydrogens is 234 g/mol. The summed E-state index contributed by atoms with van der Waals surface area (Å²) in [6, 6.07) is 11.5. The Balaban J connectivity index is 2.31. The van der Waals surface area contributed by atoms with Crippen LogP contribution in [0.3, 0.4) is 0 Å². The highest BCUT2D eigenvalue weighted by Gasteiger charge is 2.03. The minimum atomic E-state index is 0.390. The Morgan fingerprint density at radius 1 is 1.29 bits per heavy atom. The van der Waals surface area contributed by atoms with Gasteiger partial charge in [-0.25, -0.2) is 4.98 Å². The van der Waals surface area contributed by atoms with Gasteiger partial charge in [0.1, 0.15) is 11.0 Å². The zero-order chi connectivity index (χ0) is 12.3. The molecule has 2 rings (SSSR count). The van der Waals surface area contributed by atoms with E-state index >= 15 is 0 Å². The quantitative estimate of drug-likeness (QED) is 0.815. The van der Waals surface area contributed by atoms with E-state index in [1.54, 1.807) is 12.1 Å². The van der Waals surface area contributed by atoms with Crippen LogP contribution in [0.1, 0.15) is 12.5 Å². The van der Waals surface area contributed by atoms with Gasteiger partial charge < -0.3 is 11.1 Å². The van der Waals surface area contributed by atoms with Gasteiger partial charge in [-0.15, -0.1) is 0 Å². The number of aromatic nitrogens is 1. The van der Waals surface area contributed by atoms with E-state index in [0.717, 1.165) is 12.1 Å². The van der Waals surface area contributed by atoms with Gasteiger partial charge in [0.15, 0.2) is 0 Å². The highest BCUT2D eigenvalue weighted by molar-refractivity contribution is 6.29. The number of nitrogen functional groups attached to an aromatic ring is 1. The summed E-state index contributed by atoms with van der Waals surface area (Å²) in [6.07, 6.45) is 0.958. The number of para-hydroxylation sites is 1. The first kappa shape index (κ1) is 11.7. The molecule has 1 aromatic heterocycles. The maximum atomic E-state index is 5.86. The van der Waals surface area contributed by atoms with E-state index in [9.17, 15) is 0 Å². The van der Waals surface area contributed by atoms with Crippen molar-refractivity contribution in [3.05, 3.63) is 47.1 Å². The molecule has 0 spiro atoms. The molecule has 0 aliphatic carbocycles. The number of benzene rings is 1. The lowest BCUT2D eigenvalue weighted by molar-refractivity contribution is 1.14. The first-order chi connectivity index (χ1) is 8.19. The molecule has 4 heteroatoms. The van der Waals surface area contributed by atoms with Crippen molar-refractivity contribution in [2.24, 2.45) is 0 Å². The number of nitrogens with zero attached hydrogens (tertiary/aromatic N) is 1. The number of nitrogens with one attached hydrogen (secondary N) is 1. The average molecular weight is 248 g/mol. The third kappa shape index (κ3) is 2.88. The van der Waals surface area contributed by atoms with Crippen molar-refractivity contribution in [1.29, 1.82) is 0 Å². The van der Waals surface area contributed by atoms with Crippen LogP contribution in [0.5, 0.6) is 0 Å². The highest BCUT2D eigenvalue weighted by Crippen LogP contribution is 2.23. The maximum Gasteiger partial charge on any atom is 0.134 e. The van der Waals surface area contributed by atoms with Gasteiger partial charge in [0.05, 0.1) is 0 Å². The van der Waals surface area contributed by atoms with Gasteiger partial charge in [-0.3, -0.25) is 0 Å². The fourth-order valence-corrected chi connectivity index (χ4v) is 1.89. The standard InChI is InChI=1S/C13H14ClN3/c1-2-9-5-3-4-6-11(9)16-13-8-10(15)7-12(14)17-13/h3-8H,2H2,1H3,(H3,15,16,17). The van der Waals surface area contributed by atoms with E-state index in [2.05, 4.69) is 23.3 Å². The summed E-state index contributed by atoms with van der Waals surface area (Å²) in [7, 11) is 0. The van der Waals surface area contributed by atoms with Crippen molar-refractivity contribution in [2.75, 3.05) is 11.1 Å². The second kappa shape index (κ2) is 5.06. The van der Waals surface area contributed by atoms with Crippen LogP contribution in [-0.4, -0.2) is 4.98 Å². The Hall–Kier alpha value is -1.74. The van der Waals surface area contributed by atoms with Crippen molar-refractivity contribution >= 4 is 28.8 Å². The Bertz CT molecular complexity index is 506. The van der Waals surface area contributed by atoms with Crippen molar-refractivity contribution in [2.45, 2.75) is 13.3 Å². The second-order valence-electron chi connectivity index (χ2n) is 3.74. The lowest BCUT2D eigenvalue weighted by Gasteiger charge is -2.10. The first-order valence-electron chi connectivity index (χ1n) is 5.47. The van der Waals surface area contributed by atoms with Crippen LogP contribution in [-0.2, 0) is 6.42 Å². The Kier molecular flexibility index (Phi) is 3.49. The van der Waals surface area contributed by atoms with Crippen molar-refractivity contribution in [3.63, 3.8) is 0 Å². The van der Waals surface area contributed by atoms with Crippen molar-refractivity contribution < 1.29 is 0 Å². The molecule has 2 aromatic rings. The van der Waals surface area contributed by atoms with E-state index in [4.69, 9.17) is 17.3 Å². The van der Waals surface area contributed by atoms with Gasteiger partial charge in [0, 0.05) is 17.4 Å². The monoisotopic (exact) mass is 247 g/mol. The number of aryl methyl sites for hydroxylation is 1. The van der Waals surface area contributed by atoms with Crippen molar-refractivity contribution in [1.82, 2.24) is 4.98 Å². The van der Waals surface area contributed by atoms with Crippen molar-refractivity contribution in [3.8, 4) is 0 Å². The Labute approximate surface area is 106 Å². The maximum absolute atomic E-state index is 5.86. The van der Waals surface area contributed by atoms with E-state index in [1.807, 2.05) is 18.2 Å². The van der Waals surface area contributed by atoms with E-state index in [-0.39, 0.29) is 0 Å². The van der Waals surface area contributed by atoms with Crippen LogP contribution in [0.25, 0.3) is 0 Å². The SMILES string of the molecule is CCc1ccccc1Nc1cc(N)cc(Cl)n1. The van der Waals surface area contributed by atoms with Gasteiger partial charge in [0.2, 0.25) is 0 Å². The van der Waals surface area contributed by atoms with Gasteiger partial charge >= 0.3 is 0 Å². The third-order valence-corrected chi connectivity index (χ3v) is 2.67. The molecule has 0 bridgehead atoms. The molecule has 1 heterocycles. The number of halogens is 1. The molecular formula is C13H14ClN3.